The minimum atomic E-state index is 0.0474. The molecule has 0 radical (unpaired) electrons. The number of rotatable bonds is 5. The van der Waals surface area contributed by atoms with E-state index < -0.39 is 0 Å². The monoisotopic (exact) mass is 405 g/mol. The highest BCUT2D eigenvalue weighted by Gasteiger charge is 2.09. The van der Waals surface area contributed by atoms with Crippen molar-refractivity contribution in [1.82, 2.24) is 4.98 Å². The smallest absolute Gasteiger partial charge is 0.155 e. The fourth-order valence-electron chi connectivity index (χ4n) is 2.20. The number of aromatic nitrogens is 1. The number of thioether (sulfide) groups is 1. The van der Waals surface area contributed by atoms with E-state index in [1.165, 1.54) is 17.8 Å². The highest BCUT2D eigenvalue weighted by Crippen LogP contribution is 2.38. The molecular weight excluding hydrogens is 394 g/mol. The highest BCUT2D eigenvalue weighted by molar-refractivity contribution is 8.09. The van der Waals surface area contributed by atoms with Crippen molar-refractivity contribution in [1.29, 1.82) is 10.5 Å². The standard InChI is InChI=1S/C21H12ClN3S2/c22-18-9-7-17(8-10-18)20(11-6-15(12-23)13-24)27-21-25-19(14-26-21)16-4-2-1-3-5-16/h1-11,14H/b20-11-. The number of nitriles is 2. The molecule has 0 saturated heterocycles. The first-order valence-corrected chi connectivity index (χ1v) is 9.94. The van der Waals surface area contributed by atoms with Gasteiger partial charge in [-0.15, -0.1) is 11.3 Å². The number of thiazole rings is 1. The van der Waals surface area contributed by atoms with E-state index in [0.29, 0.717) is 5.02 Å². The second-order valence-corrected chi connectivity index (χ2v) is 7.89. The van der Waals surface area contributed by atoms with Gasteiger partial charge in [0.2, 0.25) is 0 Å². The molecule has 6 heteroatoms. The average molecular weight is 406 g/mol. The molecule has 1 aromatic heterocycles. The van der Waals surface area contributed by atoms with E-state index >= 15 is 0 Å². The van der Waals surface area contributed by atoms with Gasteiger partial charge < -0.3 is 0 Å². The van der Waals surface area contributed by atoms with Crippen molar-refractivity contribution < 1.29 is 0 Å². The molecule has 1 heterocycles. The summed E-state index contributed by atoms with van der Waals surface area (Å²) in [4.78, 5) is 5.57. The molecule has 27 heavy (non-hydrogen) atoms. The SMILES string of the molecule is N#CC(C#N)=C/C=C(\Sc1nc(-c2ccccc2)cs1)c1ccc(Cl)cc1. The summed E-state index contributed by atoms with van der Waals surface area (Å²) in [7, 11) is 0. The van der Waals surface area contributed by atoms with Gasteiger partial charge in [-0.2, -0.15) is 10.5 Å². The molecule has 0 atom stereocenters. The summed E-state index contributed by atoms with van der Waals surface area (Å²) in [6.45, 7) is 0. The fourth-order valence-corrected chi connectivity index (χ4v) is 4.21. The molecule has 0 spiro atoms. The van der Waals surface area contributed by atoms with Gasteiger partial charge in [-0.3, -0.25) is 0 Å². The van der Waals surface area contributed by atoms with Gasteiger partial charge in [0, 0.05) is 20.9 Å². The predicted molar refractivity (Wildman–Crippen MR) is 112 cm³/mol. The maximum atomic E-state index is 8.96. The molecule has 3 nitrogen and oxygen atoms in total. The first-order chi connectivity index (χ1) is 13.2. The Hall–Kier alpha value is -2.83. The molecule has 0 N–H and O–H groups in total. The number of benzene rings is 2. The molecular formula is C21H12ClN3S2. The Morgan fingerprint density at radius 2 is 1.70 bits per heavy atom. The van der Waals surface area contributed by atoms with Gasteiger partial charge in [0.05, 0.1) is 5.69 Å². The van der Waals surface area contributed by atoms with E-state index in [1.54, 1.807) is 17.4 Å². The molecule has 0 aliphatic rings. The zero-order valence-electron chi connectivity index (χ0n) is 14.0. The Kier molecular flexibility index (Phi) is 6.46. The van der Waals surface area contributed by atoms with E-state index in [1.807, 2.05) is 72.1 Å². The maximum absolute atomic E-state index is 8.96. The third-order valence-corrected chi connectivity index (χ3v) is 5.80. The van der Waals surface area contributed by atoms with Gasteiger partial charge >= 0.3 is 0 Å². The second kappa shape index (κ2) is 9.21. The lowest BCUT2D eigenvalue weighted by Gasteiger charge is -2.05. The first kappa shape index (κ1) is 18.9. The van der Waals surface area contributed by atoms with Gasteiger partial charge in [-0.25, -0.2) is 4.98 Å². The molecule has 0 fully saturated rings. The van der Waals surface area contributed by atoms with Crippen LogP contribution >= 0.6 is 34.7 Å². The van der Waals surface area contributed by atoms with Crippen molar-refractivity contribution in [2.45, 2.75) is 4.34 Å². The summed E-state index contributed by atoms with van der Waals surface area (Å²) in [5.41, 5.74) is 2.97. The average Bonchev–Trinajstić information content (AvgIpc) is 3.18. The molecule has 3 aromatic rings. The van der Waals surface area contributed by atoms with E-state index in [2.05, 4.69) is 0 Å². The van der Waals surface area contributed by atoms with Crippen LogP contribution in [0.25, 0.3) is 16.2 Å². The van der Waals surface area contributed by atoms with Gasteiger partial charge in [-0.1, -0.05) is 65.8 Å². The Morgan fingerprint density at radius 1 is 1.00 bits per heavy atom. The molecule has 2 aromatic carbocycles. The van der Waals surface area contributed by atoms with Gasteiger partial charge in [0.1, 0.15) is 17.7 Å². The van der Waals surface area contributed by atoms with E-state index in [9.17, 15) is 0 Å². The van der Waals surface area contributed by atoms with Crippen molar-refractivity contribution in [3.63, 3.8) is 0 Å². The molecule has 0 bridgehead atoms. The Labute approximate surface area is 170 Å². The van der Waals surface area contributed by atoms with Crippen LogP contribution in [-0.2, 0) is 0 Å². The van der Waals surface area contributed by atoms with Crippen LogP contribution in [0.4, 0.5) is 0 Å². The van der Waals surface area contributed by atoms with E-state index in [0.717, 1.165) is 26.1 Å². The number of hydrogen-bond donors (Lipinski definition) is 0. The zero-order valence-corrected chi connectivity index (χ0v) is 16.4. The van der Waals surface area contributed by atoms with Crippen LogP contribution < -0.4 is 0 Å². The summed E-state index contributed by atoms with van der Waals surface area (Å²) in [5.74, 6) is 0. The minimum Gasteiger partial charge on any atom is -0.229 e. The normalized spacial score (nSPS) is 10.7. The van der Waals surface area contributed by atoms with Gasteiger partial charge in [0.25, 0.3) is 0 Å². The topological polar surface area (TPSA) is 60.5 Å². The number of allylic oxidation sites excluding steroid dienone is 3. The second-order valence-electron chi connectivity index (χ2n) is 5.31. The van der Waals surface area contributed by atoms with Crippen LogP contribution in [0.5, 0.6) is 0 Å². The quantitative estimate of drug-likeness (QED) is 0.273. The zero-order chi connectivity index (χ0) is 19.1. The summed E-state index contributed by atoms with van der Waals surface area (Å²) < 4.78 is 0.874. The molecule has 0 saturated carbocycles. The van der Waals surface area contributed by atoms with Gasteiger partial charge in [-0.05, 0) is 29.8 Å². The summed E-state index contributed by atoms with van der Waals surface area (Å²) in [6, 6.07) is 21.1. The summed E-state index contributed by atoms with van der Waals surface area (Å²) >= 11 is 9.02. The molecule has 0 aliphatic carbocycles. The summed E-state index contributed by atoms with van der Waals surface area (Å²) in [5, 5.41) is 20.6. The van der Waals surface area contributed by atoms with Crippen LogP contribution in [-0.4, -0.2) is 4.98 Å². The highest BCUT2D eigenvalue weighted by atomic mass is 35.5. The molecule has 130 valence electrons. The van der Waals surface area contributed by atoms with Crippen LogP contribution in [0.1, 0.15) is 5.56 Å². The van der Waals surface area contributed by atoms with Crippen molar-refractivity contribution >= 4 is 39.6 Å². The third-order valence-electron chi connectivity index (χ3n) is 3.52. The lowest BCUT2D eigenvalue weighted by molar-refractivity contribution is 1.26. The van der Waals surface area contributed by atoms with Crippen LogP contribution in [0.15, 0.2) is 82.0 Å². The number of hydrogen-bond acceptors (Lipinski definition) is 5. The fraction of sp³-hybridized carbons (Fsp3) is 0. The first-order valence-electron chi connectivity index (χ1n) is 7.86. The number of halogens is 1. The molecule has 0 amide bonds. The minimum absolute atomic E-state index is 0.0474. The molecule has 3 rings (SSSR count). The lowest BCUT2D eigenvalue weighted by Crippen LogP contribution is -1.82. The Morgan fingerprint density at radius 3 is 2.37 bits per heavy atom. The van der Waals surface area contributed by atoms with E-state index in [-0.39, 0.29) is 5.57 Å². The largest absolute Gasteiger partial charge is 0.229 e. The van der Waals surface area contributed by atoms with Crippen LogP contribution in [0.2, 0.25) is 5.02 Å². The van der Waals surface area contributed by atoms with Crippen LogP contribution in [0, 0.1) is 22.7 Å². The van der Waals surface area contributed by atoms with Crippen molar-refractivity contribution in [3.05, 3.63) is 88.3 Å². The van der Waals surface area contributed by atoms with Crippen LogP contribution in [0.3, 0.4) is 0 Å². The lowest BCUT2D eigenvalue weighted by atomic mass is 10.2. The van der Waals surface area contributed by atoms with Crippen molar-refractivity contribution in [2.24, 2.45) is 0 Å². The Bertz CT molecular complexity index is 1050. The van der Waals surface area contributed by atoms with Crippen molar-refractivity contribution in [2.75, 3.05) is 0 Å². The predicted octanol–water partition coefficient (Wildman–Crippen LogP) is 6.57. The van der Waals surface area contributed by atoms with Gasteiger partial charge in [0.15, 0.2) is 4.34 Å². The molecule has 0 unspecified atom stereocenters. The third kappa shape index (κ3) is 5.09. The summed E-state index contributed by atoms with van der Waals surface area (Å²) in [6.07, 6.45) is 3.28. The van der Waals surface area contributed by atoms with E-state index in [4.69, 9.17) is 27.1 Å². The van der Waals surface area contributed by atoms with Crippen molar-refractivity contribution in [3.8, 4) is 23.4 Å². The Balaban J connectivity index is 1.92. The molecule has 0 aliphatic heterocycles. The maximum Gasteiger partial charge on any atom is 0.155 e. The number of nitrogens with zero attached hydrogens (tertiary/aromatic N) is 3.